The molecule has 0 spiro atoms. The molecule has 0 saturated carbocycles. The summed E-state index contributed by atoms with van der Waals surface area (Å²) in [6.45, 7) is 5.37. The van der Waals surface area contributed by atoms with Gasteiger partial charge in [-0.1, -0.05) is 26.8 Å². The van der Waals surface area contributed by atoms with Crippen molar-refractivity contribution in [1.82, 2.24) is 5.32 Å². The van der Waals surface area contributed by atoms with Crippen LogP contribution in [0.15, 0.2) is 24.3 Å². The molecule has 0 aliphatic carbocycles. The summed E-state index contributed by atoms with van der Waals surface area (Å²) in [6, 6.07) is 8.07. The Morgan fingerprint density at radius 2 is 2.00 bits per heavy atom. The van der Waals surface area contributed by atoms with E-state index in [2.05, 4.69) is 10.6 Å². The summed E-state index contributed by atoms with van der Waals surface area (Å²) >= 11 is 0. The van der Waals surface area contributed by atoms with E-state index in [1.165, 1.54) is 0 Å². The lowest BCUT2D eigenvalue weighted by molar-refractivity contribution is -0.125. The molecular weight excluding hydrogens is 242 g/mol. The highest BCUT2D eigenvalue weighted by atomic mass is 16.2. The number of nitrogens with zero attached hydrogens (tertiary/aromatic N) is 1. The third kappa shape index (κ3) is 4.80. The Balaban J connectivity index is 2.52. The van der Waals surface area contributed by atoms with E-state index in [0.717, 1.165) is 0 Å². The average molecular weight is 259 g/mol. The first-order valence-electron chi connectivity index (χ1n) is 5.91. The van der Waals surface area contributed by atoms with Crippen LogP contribution in [-0.4, -0.2) is 18.4 Å². The number of nitrogens with one attached hydrogen (secondary N) is 2. The van der Waals surface area contributed by atoms with Crippen molar-refractivity contribution in [2.24, 2.45) is 5.41 Å². The predicted octanol–water partition coefficient (Wildman–Crippen LogP) is 2.29. The van der Waals surface area contributed by atoms with E-state index in [4.69, 9.17) is 5.26 Å². The maximum Gasteiger partial charge on any atom is 0.319 e. The molecule has 1 rings (SSSR count). The van der Waals surface area contributed by atoms with Crippen molar-refractivity contribution >= 4 is 17.5 Å². The van der Waals surface area contributed by atoms with E-state index in [1.54, 1.807) is 45.0 Å². The van der Waals surface area contributed by atoms with Gasteiger partial charge in [-0.2, -0.15) is 5.26 Å². The number of urea groups is 1. The van der Waals surface area contributed by atoms with Crippen molar-refractivity contribution in [1.29, 1.82) is 5.26 Å². The molecule has 0 bridgehead atoms. The standard InChI is InChI=1S/C14H17N3O2/c1-14(2,3)12(18)9-16-13(19)17-11-6-4-5-10(7-11)8-15/h4-7H,9H2,1-3H3,(H2,16,17,19). The number of rotatable bonds is 3. The van der Waals surface area contributed by atoms with Crippen LogP contribution < -0.4 is 10.6 Å². The zero-order valence-corrected chi connectivity index (χ0v) is 11.3. The Morgan fingerprint density at radius 1 is 1.32 bits per heavy atom. The van der Waals surface area contributed by atoms with Gasteiger partial charge in [-0.3, -0.25) is 4.79 Å². The summed E-state index contributed by atoms with van der Waals surface area (Å²) in [4.78, 5) is 23.2. The fourth-order valence-corrected chi connectivity index (χ4v) is 1.27. The van der Waals surface area contributed by atoms with Crippen LogP contribution in [0.3, 0.4) is 0 Å². The van der Waals surface area contributed by atoms with Crippen molar-refractivity contribution in [3.63, 3.8) is 0 Å². The molecule has 19 heavy (non-hydrogen) atoms. The predicted molar refractivity (Wildman–Crippen MR) is 72.6 cm³/mol. The van der Waals surface area contributed by atoms with Crippen LogP contribution in [0.2, 0.25) is 0 Å². The molecule has 100 valence electrons. The van der Waals surface area contributed by atoms with Crippen LogP contribution in [-0.2, 0) is 4.79 Å². The third-order valence-electron chi connectivity index (χ3n) is 2.50. The second-order valence-corrected chi connectivity index (χ2v) is 5.17. The molecule has 0 fully saturated rings. The lowest BCUT2D eigenvalue weighted by Crippen LogP contribution is -2.37. The van der Waals surface area contributed by atoms with Crippen molar-refractivity contribution in [3.8, 4) is 6.07 Å². The fraction of sp³-hybridized carbons (Fsp3) is 0.357. The molecule has 0 unspecified atom stereocenters. The molecule has 5 nitrogen and oxygen atoms in total. The second-order valence-electron chi connectivity index (χ2n) is 5.17. The van der Waals surface area contributed by atoms with Crippen molar-refractivity contribution in [3.05, 3.63) is 29.8 Å². The molecule has 1 aromatic carbocycles. The number of nitriles is 1. The van der Waals surface area contributed by atoms with Crippen LogP contribution in [0.4, 0.5) is 10.5 Å². The molecule has 0 aromatic heterocycles. The quantitative estimate of drug-likeness (QED) is 0.873. The first-order chi connectivity index (χ1) is 8.82. The lowest BCUT2D eigenvalue weighted by Gasteiger charge is -2.16. The molecule has 0 aliphatic heterocycles. The van der Waals surface area contributed by atoms with E-state index in [-0.39, 0.29) is 12.3 Å². The number of Topliss-reactive ketones (excluding diaryl/α,β-unsaturated/α-hetero) is 1. The molecule has 0 aliphatic rings. The minimum atomic E-state index is -0.478. The average Bonchev–Trinajstić information content (AvgIpc) is 2.35. The molecule has 0 heterocycles. The Morgan fingerprint density at radius 3 is 2.58 bits per heavy atom. The Labute approximate surface area is 112 Å². The Kier molecular flexibility index (Phi) is 4.65. The number of ketones is 1. The zero-order chi connectivity index (χ0) is 14.5. The van der Waals surface area contributed by atoms with Crippen LogP contribution in [0.25, 0.3) is 0 Å². The van der Waals surface area contributed by atoms with Crippen LogP contribution in [0.1, 0.15) is 26.3 Å². The summed E-state index contributed by atoms with van der Waals surface area (Å²) in [5.41, 5.74) is 0.497. The minimum Gasteiger partial charge on any atom is -0.331 e. The third-order valence-corrected chi connectivity index (χ3v) is 2.50. The molecule has 0 atom stereocenters. The molecule has 0 saturated heterocycles. The van der Waals surface area contributed by atoms with E-state index in [1.807, 2.05) is 6.07 Å². The SMILES string of the molecule is CC(C)(C)C(=O)CNC(=O)Nc1cccc(C#N)c1. The van der Waals surface area contributed by atoms with Gasteiger partial charge in [0.1, 0.15) is 0 Å². The molecule has 0 radical (unpaired) electrons. The maximum absolute atomic E-state index is 11.6. The molecule has 5 heteroatoms. The number of anilines is 1. The minimum absolute atomic E-state index is 0.0206. The number of hydrogen-bond donors (Lipinski definition) is 2. The summed E-state index contributed by atoms with van der Waals surface area (Å²) < 4.78 is 0. The summed E-state index contributed by atoms with van der Waals surface area (Å²) in [5.74, 6) is -0.0478. The highest BCUT2D eigenvalue weighted by Gasteiger charge is 2.21. The van der Waals surface area contributed by atoms with Gasteiger partial charge < -0.3 is 10.6 Å². The normalized spacial score (nSPS) is 10.4. The Hall–Kier alpha value is -2.35. The van der Waals surface area contributed by atoms with E-state index in [9.17, 15) is 9.59 Å². The van der Waals surface area contributed by atoms with Gasteiger partial charge in [-0.05, 0) is 18.2 Å². The highest BCUT2D eigenvalue weighted by molar-refractivity contribution is 5.94. The summed E-state index contributed by atoms with van der Waals surface area (Å²) in [5, 5.41) is 13.8. The largest absolute Gasteiger partial charge is 0.331 e. The van der Waals surface area contributed by atoms with Gasteiger partial charge in [0, 0.05) is 11.1 Å². The monoisotopic (exact) mass is 259 g/mol. The number of carbonyl (C=O) groups excluding carboxylic acids is 2. The molecule has 1 aromatic rings. The number of amides is 2. The van der Waals surface area contributed by atoms with E-state index in [0.29, 0.717) is 11.3 Å². The summed E-state index contributed by atoms with van der Waals surface area (Å²) in [6.07, 6.45) is 0. The van der Waals surface area contributed by atoms with Crippen LogP contribution in [0.5, 0.6) is 0 Å². The van der Waals surface area contributed by atoms with Crippen LogP contribution in [0, 0.1) is 16.7 Å². The second kappa shape index (κ2) is 6.01. The van der Waals surface area contributed by atoms with Gasteiger partial charge in [0.05, 0.1) is 18.2 Å². The van der Waals surface area contributed by atoms with Gasteiger partial charge in [-0.25, -0.2) is 4.79 Å². The smallest absolute Gasteiger partial charge is 0.319 e. The van der Waals surface area contributed by atoms with Crippen molar-refractivity contribution < 1.29 is 9.59 Å². The summed E-state index contributed by atoms with van der Waals surface area (Å²) in [7, 11) is 0. The topological polar surface area (TPSA) is 82.0 Å². The number of carbonyl (C=O) groups is 2. The lowest BCUT2D eigenvalue weighted by atomic mass is 9.91. The molecule has 2 amide bonds. The first-order valence-corrected chi connectivity index (χ1v) is 5.91. The van der Waals surface area contributed by atoms with E-state index < -0.39 is 11.4 Å². The molecular formula is C14H17N3O2. The first kappa shape index (κ1) is 14.7. The fourth-order valence-electron chi connectivity index (χ4n) is 1.27. The van der Waals surface area contributed by atoms with Gasteiger partial charge in [0.25, 0.3) is 0 Å². The maximum atomic E-state index is 11.6. The van der Waals surface area contributed by atoms with Crippen molar-refractivity contribution in [2.45, 2.75) is 20.8 Å². The van der Waals surface area contributed by atoms with Gasteiger partial charge in [0.2, 0.25) is 0 Å². The van der Waals surface area contributed by atoms with Gasteiger partial charge >= 0.3 is 6.03 Å². The van der Waals surface area contributed by atoms with Gasteiger partial charge in [-0.15, -0.1) is 0 Å². The molecule has 2 N–H and O–H groups in total. The Bertz CT molecular complexity index is 524. The number of hydrogen-bond acceptors (Lipinski definition) is 3. The van der Waals surface area contributed by atoms with Gasteiger partial charge in [0.15, 0.2) is 5.78 Å². The van der Waals surface area contributed by atoms with Crippen molar-refractivity contribution in [2.75, 3.05) is 11.9 Å². The highest BCUT2D eigenvalue weighted by Crippen LogP contribution is 2.13. The van der Waals surface area contributed by atoms with E-state index >= 15 is 0 Å². The zero-order valence-electron chi connectivity index (χ0n) is 11.3. The van der Waals surface area contributed by atoms with Crippen LogP contribution >= 0.6 is 0 Å². The number of benzene rings is 1.